The van der Waals surface area contributed by atoms with Crippen molar-refractivity contribution in [2.45, 2.75) is 6.42 Å². The highest BCUT2D eigenvalue weighted by molar-refractivity contribution is 9.10. The number of carbonyl (C=O) groups is 1. The first-order valence-electron chi connectivity index (χ1n) is 5.48. The summed E-state index contributed by atoms with van der Waals surface area (Å²) in [6, 6.07) is 2.90. The van der Waals surface area contributed by atoms with Crippen LogP contribution in [0.1, 0.15) is 16.1 Å². The van der Waals surface area contributed by atoms with E-state index in [2.05, 4.69) is 20.9 Å². The number of hydrogen-bond acceptors (Lipinski definition) is 2. The van der Waals surface area contributed by atoms with Gasteiger partial charge >= 0.3 is 0 Å². The Morgan fingerprint density at radius 3 is 1.95 bits per heavy atom. The molecule has 0 atom stereocenters. The van der Waals surface area contributed by atoms with Crippen molar-refractivity contribution < 1.29 is 26.7 Å². The highest BCUT2D eigenvalue weighted by Crippen LogP contribution is 2.24. The molecule has 2 nitrogen and oxygen atoms in total. The molecule has 0 aliphatic carbocycles. The summed E-state index contributed by atoms with van der Waals surface area (Å²) in [6.45, 7) is 0. The number of ketones is 1. The van der Waals surface area contributed by atoms with Gasteiger partial charge in [-0.2, -0.15) is 0 Å². The van der Waals surface area contributed by atoms with Crippen molar-refractivity contribution in [2.24, 2.45) is 0 Å². The van der Waals surface area contributed by atoms with Gasteiger partial charge in [0.25, 0.3) is 0 Å². The molecule has 0 unspecified atom stereocenters. The van der Waals surface area contributed by atoms with Crippen LogP contribution in [-0.2, 0) is 6.42 Å². The molecule has 0 spiro atoms. The Labute approximate surface area is 123 Å². The van der Waals surface area contributed by atoms with Gasteiger partial charge in [-0.1, -0.05) is 0 Å². The summed E-state index contributed by atoms with van der Waals surface area (Å²) in [5.74, 6) is -12.1. The predicted octanol–water partition coefficient (Wildman–Crippen LogP) is 3.96. The topological polar surface area (TPSA) is 30.0 Å². The minimum atomic E-state index is -2.30. The zero-order chi connectivity index (χ0) is 15.7. The third-order valence-electron chi connectivity index (χ3n) is 2.62. The summed E-state index contributed by atoms with van der Waals surface area (Å²) in [5.41, 5.74) is -1.33. The van der Waals surface area contributed by atoms with E-state index < -0.39 is 46.9 Å². The average Bonchev–Trinajstić information content (AvgIpc) is 2.46. The highest BCUT2D eigenvalue weighted by Gasteiger charge is 2.29. The number of pyridine rings is 1. The second kappa shape index (κ2) is 5.88. The smallest absolute Gasteiger partial charge is 0.200 e. The van der Waals surface area contributed by atoms with Crippen LogP contribution in [0.25, 0.3) is 0 Å². The quantitative estimate of drug-likeness (QED) is 0.356. The van der Waals surface area contributed by atoms with E-state index in [-0.39, 0.29) is 5.69 Å². The van der Waals surface area contributed by atoms with Crippen molar-refractivity contribution in [1.82, 2.24) is 4.98 Å². The van der Waals surface area contributed by atoms with E-state index in [1.165, 1.54) is 18.3 Å². The fourth-order valence-corrected chi connectivity index (χ4v) is 1.85. The number of aromatic nitrogens is 1. The Bertz CT molecular complexity index is 688. The molecule has 21 heavy (non-hydrogen) atoms. The SMILES string of the molecule is O=C(Cc1ccc(Br)cn1)c1c(F)c(F)c(F)c(F)c1F. The van der Waals surface area contributed by atoms with Crippen molar-refractivity contribution in [1.29, 1.82) is 0 Å². The number of Topliss-reactive ketones (excluding diaryl/α,β-unsaturated/α-hetero) is 1. The van der Waals surface area contributed by atoms with Gasteiger partial charge in [0.05, 0.1) is 12.0 Å². The number of benzene rings is 1. The summed E-state index contributed by atoms with van der Waals surface area (Å²) in [5, 5.41) is 0. The van der Waals surface area contributed by atoms with Crippen LogP contribution in [0.3, 0.4) is 0 Å². The first kappa shape index (κ1) is 15.6. The Morgan fingerprint density at radius 1 is 0.952 bits per heavy atom. The van der Waals surface area contributed by atoms with Crippen LogP contribution >= 0.6 is 15.9 Å². The predicted molar refractivity (Wildman–Crippen MR) is 66.2 cm³/mol. The summed E-state index contributed by atoms with van der Waals surface area (Å²) in [6.07, 6.45) is 0.743. The van der Waals surface area contributed by atoms with Gasteiger partial charge in [0.15, 0.2) is 29.1 Å². The van der Waals surface area contributed by atoms with Crippen LogP contribution in [0.15, 0.2) is 22.8 Å². The number of carbonyl (C=O) groups excluding carboxylic acids is 1. The Morgan fingerprint density at radius 2 is 1.48 bits per heavy atom. The zero-order valence-electron chi connectivity index (χ0n) is 10.1. The van der Waals surface area contributed by atoms with E-state index in [1.807, 2.05) is 0 Å². The summed E-state index contributed by atoms with van der Waals surface area (Å²) in [7, 11) is 0. The lowest BCUT2D eigenvalue weighted by Crippen LogP contribution is -2.15. The molecule has 1 aromatic carbocycles. The van der Waals surface area contributed by atoms with Crippen LogP contribution in [0.5, 0.6) is 0 Å². The minimum Gasteiger partial charge on any atom is -0.294 e. The minimum absolute atomic E-state index is 0.132. The van der Waals surface area contributed by atoms with Crippen molar-refractivity contribution in [3.63, 3.8) is 0 Å². The molecular formula is C13H5BrF5NO. The van der Waals surface area contributed by atoms with E-state index in [0.29, 0.717) is 4.47 Å². The molecular weight excluding hydrogens is 361 g/mol. The molecule has 0 radical (unpaired) electrons. The van der Waals surface area contributed by atoms with Gasteiger partial charge in [-0.15, -0.1) is 0 Å². The average molecular weight is 366 g/mol. The lowest BCUT2D eigenvalue weighted by molar-refractivity contribution is 0.0980. The Hall–Kier alpha value is -1.83. The van der Waals surface area contributed by atoms with Gasteiger partial charge in [0.1, 0.15) is 0 Å². The first-order valence-corrected chi connectivity index (χ1v) is 6.27. The van der Waals surface area contributed by atoms with Crippen molar-refractivity contribution >= 4 is 21.7 Å². The maximum absolute atomic E-state index is 13.5. The molecule has 0 bridgehead atoms. The van der Waals surface area contributed by atoms with E-state index >= 15 is 0 Å². The van der Waals surface area contributed by atoms with Crippen molar-refractivity contribution in [3.8, 4) is 0 Å². The first-order chi connectivity index (χ1) is 9.82. The number of nitrogens with zero attached hydrogens (tertiary/aromatic N) is 1. The second-order valence-electron chi connectivity index (χ2n) is 4.01. The van der Waals surface area contributed by atoms with Crippen LogP contribution in [0, 0.1) is 29.1 Å². The Kier molecular flexibility index (Phi) is 4.36. The van der Waals surface area contributed by atoms with Gasteiger partial charge in [-0.25, -0.2) is 22.0 Å². The number of halogens is 6. The van der Waals surface area contributed by atoms with E-state index in [1.54, 1.807) is 0 Å². The van der Waals surface area contributed by atoms with E-state index in [4.69, 9.17) is 0 Å². The molecule has 0 saturated carbocycles. The molecule has 0 amide bonds. The molecule has 2 aromatic rings. The lowest BCUT2D eigenvalue weighted by atomic mass is 10.0. The molecule has 0 saturated heterocycles. The van der Waals surface area contributed by atoms with Gasteiger partial charge < -0.3 is 0 Å². The summed E-state index contributed by atoms with van der Waals surface area (Å²) < 4.78 is 66.4. The molecule has 2 rings (SSSR count). The number of hydrogen-bond donors (Lipinski definition) is 0. The van der Waals surface area contributed by atoms with Gasteiger partial charge in [0, 0.05) is 16.4 Å². The molecule has 0 aliphatic rings. The maximum Gasteiger partial charge on any atom is 0.200 e. The van der Waals surface area contributed by atoms with Gasteiger partial charge in [0.2, 0.25) is 5.82 Å². The molecule has 0 fully saturated rings. The third kappa shape index (κ3) is 2.94. The molecule has 0 N–H and O–H groups in total. The number of rotatable bonds is 3. The van der Waals surface area contributed by atoms with Crippen molar-refractivity contribution in [2.75, 3.05) is 0 Å². The summed E-state index contributed by atoms with van der Waals surface area (Å²) in [4.78, 5) is 15.6. The Balaban J connectivity index is 2.42. The van der Waals surface area contributed by atoms with E-state index in [9.17, 15) is 26.7 Å². The fourth-order valence-electron chi connectivity index (χ4n) is 1.61. The van der Waals surface area contributed by atoms with Crippen LogP contribution < -0.4 is 0 Å². The maximum atomic E-state index is 13.5. The molecule has 110 valence electrons. The molecule has 0 aliphatic heterocycles. The highest BCUT2D eigenvalue weighted by atomic mass is 79.9. The second-order valence-corrected chi connectivity index (χ2v) is 4.93. The van der Waals surface area contributed by atoms with Crippen LogP contribution in [-0.4, -0.2) is 10.8 Å². The third-order valence-corrected chi connectivity index (χ3v) is 3.09. The van der Waals surface area contributed by atoms with E-state index in [0.717, 1.165) is 0 Å². The largest absolute Gasteiger partial charge is 0.294 e. The monoisotopic (exact) mass is 365 g/mol. The fraction of sp³-hybridized carbons (Fsp3) is 0.0769. The van der Waals surface area contributed by atoms with Crippen molar-refractivity contribution in [3.05, 3.63) is 63.1 Å². The van der Waals surface area contributed by atoms with Crippen LogP contribution in [0.4, 0.5) is 22.0 Å². The van der Waals surface area contributed by atoms with Gasteiger partial charge in [-0.3, -0.25) is 9.78 Å². The lowest BCUT2D eigenvalue weighted by Gasteiger charge is -2.07. The zero-order valence-corrected chi connectivity index (χ0v) is 11.6. The van der Waals surface area contributed by atoms with Crippen LogP contribution in [0.2, 0.25) is 0 Å². The molecule has 1 heterocycles. The molecule has 1 aromatic heterocycles. The molecule has 8 heteroatoms. The van der Waals surface area contributed by atoms with Gasteiger partial charge in [-0.05, 0) is 28.1 Å². The standard InChI is InChI=1S/C13H5BrF5NO/c14-5-1-2-6(20-4-5)3-7(21)8-9(15)11(17)13(19)12(18)10(8)16/h1-2,4H,3H2. The summed E-state index contributed by atoms with van der Waals surface area (Å²) >= 11 is 3.10. The normalized spacial score (nSPS) is 10.8.